The van der Waals surface area contributed by atoms with Gasteiger partial charge in [0.05, 0.1) is 40.3 Å². The SMILES string of the molecule is [C-]#[N+]c1cc(-n2c3ccccc3c3cc4oc5ccccc5c4cc32)ccc1-c1cc(C#N)cc(-n2c3ccccc3c3ccccc32)c1. The van der Waals surface area contributed by atoms with Gasteiger partial charge in [-0.3, -0.25) is 0 Å². The van der Waals surface area contributed by atoms with Gasteiger partial charge in [0.1, 0.15) is 11.2 Å². The molecule has 49 heavy (non-hydrogen) atoms. The van der Waals surface area contributed by atoms with E-state index in [1.165, 1.54) is 0 Å². The third-order valence-corrected chi connectivity index (χ3v) is 9.73. The summed E-state index contributed by atoms with van der Waals surface area (Å²) in [5.74, 6) is 0. The molecule has 5 nitrogen and oxygen atoms in total. The van der Waals surface area contributed by atoms with Crippen molar-refractivity contribution in [1.29, 1.82) is 5.26 Å². The molecule has 10 aromatic rings. The van der Waals surface area contributed by atoms with E-state index in [2.05, 4.69) is 105 Å². The molecule has 0 amide bonds. The van der Waals surface area contributed by atoms with Crippen LogP contribution in [-0.2, 0) is 0 Å². The van der Waals surface area contributed by atoms with E-state index in [9.17, 15) is 5.26 Å². The number of hydrogen-bond donors (Lipinski definition) is 0. The number of para-hydroxylation sites is 4. The zero-order valence-corrected chi connectivity index (χ0v) is 26.1. The van der Waals surface area contributed by atoms with Gasteiger partial charge in [0, 0.05) is 43.7 Å². The first-order chi connectivity index (χ1) is 24.2. The predicted molar refractivity (Wildman–Crippen MR) is 199 cm³/mol. The summed E-state index contributed by atoms with van der Waals surface area (Å²) < 4.78 is 10.7. The average Bonchev–Trinajstić information content (AvgIpc) is 3.80. The van der Waals surface area contributed by atoms with Gasteiger partial charge in [0.2, 0.25) is 0 Å². The number of furan rings is 1. The number of rotatable bonds is 3. The Kier molecular flexibility index (Phi) is 5.64. The van der Waals surface area contributed by atoms with E-state index >= 15 is 0 Å². The minimum Gasteiger partial charge on any atom is -0.456 e. The fraction of sp³-hybridized carbons (Fsp3) is 0. The van der Waals surface area contributed by atoms with E-state index in [0.717, 1.165) is 88.1 Å². The maximum absolute atomic E-state index is 10.2. The lowest BCUT2D eigenvalue weighted by Gasteiger charge is -2.14. The van der Waals surface area contributed by atoms with Gasteiger partial charge >= 0.3 is 0 Å². The van der Waals surface area contributed by atoms with Crippen LogP contribution in [0, 0.1) is 17.9 Å². The van der Waals surface area contributed by atoms with Gasteiger partial charge < -0.3 is 13.6 Å². The molecule has 0 bridgehead atoms. The van der Waals surface area contributed by atoms with Crippen LogP contribution in [0.15, 0.2) is 150 Å². The Morgan fingerprint density at radius 3 is 1.80 bits per heavy atom. The predicted octanol–water partition coefficient (Wildman–Crippen LogP) is 11.9. The molecule has 0 unspecified atom stereocenters. The summed E-state index contributed by atoms with van der Waals surface area (Å²) in [4.78, 5) is 4.04. The van der Waals surface area contributed by atoms with Crippen LogP contribution in [0.4, 0.5) is 5.69 Å². The minimum absolute atomic E-state index is 0.515. The van der Waals surface area contributed by atoms with Crippen molar-refractivity contribution in [2.24, 2.45) is 0 Å². The highest BCUT2D eigenvalue weighted by Crippen LogP contribution is 2.41. The van der Waals surface area contributed by atoms with Gasteiger partial charge in [-0.2, -0.15) is 5.26 Å². The zero-order chi connectivity index (χ0) is 32.6. The van der Waals surface area contributed by atoms with E-state index in [1.807, 2.05) is 60.7 Å². The Morgan fingerprint density at radius 1 is 0.510 bits per heavy atom. The van der Waals surface area contributed by atoms with Gasteiger partial charge in [-0.05, 0) is 77.9 Å². The molecule has 0 atom stereocenters. The molecule has 0 fully saturated rings. The van der Waals surface area contributed by atoms with Crippen molar-refractivity contribution >= 4 is 71.2 Å². The molecule has 0 saturated carbocycles. The van der Waals surface area contributed by atoms with Gasteiger partial charge in [-0.1, -0.05) is 78.9 Å². The van der Waals surface area contributed by atoms with Crippen LogP contribution in [0.3, 0.4) is 0 Å². The molecule has 0 spiro atoms. The molecule has 226 valence electrons. The van der Waals surface area contributed by atoms with Crippen LogP contribution >= 0.6 is 0 Å². The molecule has 0 aliphatic heterocycles. The highest BCUT2D eigenvalue weighted by Gasteiger charge is 2.19. The van der Waals surface area contributed by atoms with Gasteiger partial charge in [-0.25, -0.2) is 4.85 Å². The van der Waals surface area contributed by atoms with Crippen molar-refractivity contribution in [3.8, 4) is 28.6 Å². The highest BCUT2D eigenvalue weighted by atomic mass is 16.3. The maximum atomic E-state index is 10.2. The highest BCUT2D eigenvalue weighted by molar-refractivity contribution is 6.17. The topological polar surface area (TPSA) is 51.1 Å². The largest absolute Gasteiger partial charge is 0.456 e. The summed E-state index contributed by atoms with van der Waals surface area (Å²) in [7, 11) is 0. The molecule has 10 rings (SSSR count). The molecule has 0 saturated heterocycles. The summed E-state index contributed by atoms with van der Waals surface area (Å²) in [6, 6.07) is 51.8. The van der Waals surface area contributed by atoms with E-state index < -0.39 is 0 Å². The third-order valence-electron chi connectivity index (χ3n) is 9.73. The summed E-state index contributed by atoms with van der Waals surface area (Å²) >= 11 is 0. The quantitative estimate of drug-likeness (QED) is 0.184. The summed E-state index contributed by atoms with van der Waals surface area (Å²) in [5, 5.41) is 16.8. The summed E-state index contributed by atoms with van der Waals surface area (Å²) in [6.07, 6.45) is 0. The number of nitrogens with zero attached hydrogens (tertiary/aromatic N) is 4. The van der Waals surface area contributed by atoms with Crippen molar-refractivity contribution in [2.75, 3.05) is 0 Å². The smallest absolute Gasteiger partial charge is 0.196 e. The Labute approximate surface area is 280 Å². The monoisotopic (exact) mass is 624 g/mol. The number of nitriles is 1. The van der Waals surface area contributed by atoms with E-state index in [0.29, 0.717) is 11.3 Å². The van der Waals surface area contributed by atoms with E-state index in [-0.39, 0.29) is 0 Å². The van der Waals surface area contributed by atoms with Crippen LogP contribution in [0.2, 0.25) is 0 Å². The van der Waals surface area contributed by atoms with E-state index in [4.69, 9.17) is 11.0 Å². The molecule has 7 aromatic carbocycles. The number of aromatic nitrogens is 2. The molecule has 5 heteroatoms. The molecule has 3 heterocycles. The lowest BCUT2D eigenvalue weighted by Crippen LogP contribution is -1.97. The Morgan fingerprint density at radius 2 is 1.12 bits per heavy atom. The Balaban J connectivity index is 1.19. The molecule has 0 aliphatic carbocycles. The number of hydrogen-bond acceptors (Lipinski definition) is 2. The minimum atomic E-state index is 0.515. The second-order valence-electron chi connectivity index (χ2n) is 12.4. The maximum Gasteiger partial charge on any atom is 0.196 e. The van der Waals surface area contributed by atoms with Crippen molar-refractivity contribution in [3.63, 3.8) is 0 Å². The van der Waals surface area contributed by atoms with E-state index in [1.54, 1.807) is 0 Å². The van der Waals surface area contributed by atoms with Crippen molar-refractivity contribution in [1.82, 2.24) is 9.13 Å². The first-order valence-corrected chi connectivity index (χ1v) is 16.1. The fourth-order valence-electron chi connectivity index (χ4n) is 7.62. The molecule has 0 radical (unpaired) electrons. The standard InChI is InChI=1S/C44H24N4O/c1-46-38-23-29(47-41-16-8-4-12-34(41)36-25-44-37(24-42(36)47)35-13-5-9-17-43(35)49-44)18-19-31(38)28-20-27(26-45)21-30(22-28)48-39-14-6-2-10-32(39)33-11-3-7-15-40(33)48/h2-25H. The first-order valence-electron chi connectivity index (χ1n) is 16.1. The Bertz CT molecular complexity index is 3030. The van der Waals surface area contributed by atoms with Crippen LogP contribution in [0.5, 0.6) is 0 Å². The molecular formula is C44H24N4O. The lowest BCUT2D eigenvalue weighted by molar-refractivity contribution is 0.669. The third kappa shape index (κ3) is 3.91. The summed E-state index contributed by atoms with van der Waals surface area (Å²) in [6.45, 7) is 8.30. The molecular weight excluding hydrogens is 601 g/mol. The lowest BCUT2D eigenvalue weighted by atomic mass is 10.00. The first kappa shape index (κ1) is 27.1. The van der Waals surface area contributed by atoms with Crippen LogP contribution < -0.4 is 0 Å². The second kappa shape index (κ2) is 10.2. The molecule has 0 N–H and O–H groups in total. The second-order valence-corrected chi connectivity index (χ2v) is 12.4. The zero-order valence-electron chi connectivity index (χ0n) is 26.1. The van der Waals surface area contributed by atoms with Crippen LogP contribution in [0.1, 0.15) is 5.56 Å². The van der Waals surface area contributed by atoms with Gasteiger partial charge in [0.15, 0.2) is 5.69 Å². The van der Waals surface area contributed by atoms with Crippen LogP contribution in [-0.4, -0.2) is 9.13 Å². The normalized spacial score (nSPS) is 11.6. The molecule has 3 aromatic heterocycles. The van der Waals surface area contributed by atoms with Crippen LogP contribution in [0.25, 0.3) is 92.9 Å². The number of benzene rings is 7. The van der Waals surface area contributed by atoms with Crippen molar-refractivity contribution in [2.45, 2.75) is 0 Å². The van der Waals surface area contributed by atoms with Crippen molar-refractivity contribution in [3.05, 3.63) is 163 Å². The average molecular weight is 625 g/mol. The summed E-state index contributed by atoms with van der Waals surface area (Å²) in [5.41, 5.74) is 10.4. The van der Waals surface area contributed by atoms with Gasteiger partial charge in [0.25, 0.3) is 0 Å². The molecule has 0 aliphatic rings. The van der Waals surface area contributed by atoms with Crippen molar-refractivity contribution < 1.29 is 4.42 Å². The fourth-order valence-corrected chi connectivity index (χ4v) is 7.62. The number of fused-ring (bicyclic) bond motifs is 9. The Hall–Kier alpha value is -7.08. The van der Waals surface area contributed by atoms with Gasteiger partial charge in [-0.15, -0.1) is 0 Å².